The van der Waals surface area contributed by atoms with Crippen molar-refractivity contribution in [3.63, 3.8) is 0 Å². The zero-order chi connectivity index (χ0) is 18.4. The molecule has 0 spiro atoms. The van der Waals surface area contributed by atoms with Gasteiger partial charge >= 0.3 is 0 Å². The average molecular weight is 369 g/mol. The fourth-order valence-corrected chi connectivity index (χ4v) is 4.24. The van der Waals surface area contributed by atoms with Gasteiger partial charge in [-0.15, -0.1) is 0 Å². The highest BCUT2D eigenvalue weighted by atomic mass is 32.2. The molecule has 0 N–H and O–H groups in total. The van der Waals surface area contributed by atoms with Crippen LogP contribution < -0.4 is 14.2 Å². The second kappa shape index (κ2) is 8.58. The summed E-state index contributed by atoms with van der Waals surface area (Å²) in [5.74, 6) is 1.01. The first-order chi connectivity index (χ1) is 11.9. The molecule has 0 bridgehead atoms. The van der Waals surface area contributed by atoms with E-state index < -0.39 is 10.0 Å². The summed E-state index contributed by atoms with van der Waals surface area (Å²) in [6.07, 6.45) is 7.56. The molecule has 1 aliphatic rings. The van der Waals surface area contributed by atoms with Crippen LogP contribution in [-0.4, -0.2) is 47.6 Å². The lowest BCUT2D eigenvalue weighted by Crippen LogP contribution is -2.28. The number of benzene rings is 1. The van der Waals surface area contributed by atoms with Crippen LogP contribution in [-0.2, 0) is 10.0 Å². The number of rotatable bonds is 8. The Hall–Kier alpha value is -1.73. The molecular formula is C18H27NO5S. The van der Waals surface area contributed by atoms with Crippen molar-refractivity contribution in [3.05, 3.63) is 23.8 Å². The van der Waals surface area contributed by atoms with Gasteiger partial charge in [-0.2, -0.15) is 0 Å². The summed E-state index contributed by atoms with van der Waals surface area (Å²) in [5, 5.41) is 0. The quantitative estimate of drug-likeness (QED) is 0.658. The topological polar surface area (TPSA) is 65.1 Å². The highest BCUT2D eigenvalue weighted by molar-refractivity contribution is 7.89. The molecule has 0 saturated heterocycles. The van der Waals surface area contributed by atoms with Gasteiger partial charge in [0.1, 0.15) is 10.6 Å². The number of hydrogen-bond donors (Lipinski definition) is 0. The van der Waals surface area contributed by atoms with Crippen LogP contribution in [0.15, 0.2) is 28.7 Å². The summed E-state index contributed by atoms with van der Waals surface area (Å²) in [6.45, 7) is 0.436. The lowest BCUT2D eigenvalue weighted by molar-refractivity contribution is 0.344. The van der Waals surface area contributed by atoms with Crippen LogP contribution in [0, 0.1) is 0 Å². The van der Waals surface area contributed by atoms with Crippen LogP contribution in [0.25, 0.3) is 0 Å². The predicted molar refractivity (Wildman–Crippen MR) is 97.1 cm³/mol. The zero-order valence-electron chi connectivity index (χ0n) is 15.4. The van der Waals surface area contributed by atoms with Gasteiger partial charge in [-0.3, -0.25) is 0 Å². The van der Waals surface area contributed by atoms with Crippen molar-refractivity contribution in [1.82, 2.24) is 4.31 Å². The summed E-state index contributed by atoms with van der Waals surface area (Å²) >= 11 is 0. The van der Waals surface area contributed by atoms with E-state index in [-0.39, 0.29) is 10.6 Å². The molecule has 0 fully saturated rings. The van der Waals surface area contributed by atoms with Gasteiger partial charge < -0.3 is 14.2 Å². The van der Waals surface area contributed by atoms with E-state index in [0.29, 0.717) is 18.0 Å². The van der Waals surface area contributed by atoms with Crippen molar-refractivity contribution in [2.45, 2.75) is 37.0 Å². The molecule has 6 nitrogen and oxygen atoms in total. The largest absolute Gasteiger partial charge is 0.495 e. The third kappa shape index (κ3) is 4.46. The molecule has 0 heterocycles. The zero-order valence-corrected chi connectivity index (χ0v) is 16.2. The maximum atomic E-state index is 13.0. The number of allylic oxidation sites excluding steroid dienone is 1. The van der Waals surface area contributed by atoms with Crippen molar-refractivity contribution in [2.24, 2.45) is 0 Å². The Morgan fingerprint density at radius 1 is 1.00 bits per heavy atom. The molecule has 0 amide bonds. The second-order valence-electron chi connectivity index (χ2n) is 6.04. The Balaban J connectivity index is 2.26. The van der Waals surface area contributed by atoms with Crippen molar-refractivity contribution in [2.75, 3.05) is 34.9 Å². The van der Waals surface area contributed by atoms with E-state index in [2.05, 4.69) is 6.08 Å². The first-order valence-corrected chi connectivity index (χ1v) is 9.82. The molecule has 1 aromatic rings. The van der Waals surface area contributed by atoms with Crippen molar-refractivity contribution in [3.8, 4) is 17.2 Å². The Kier molecular flexibility index (Phi) is 6.72. The standard InChI is InChI=1S/C18H27NO5S/c1-19(11-10-14-8-6-5-7-9-14)25(20,21)18-13-16(23-3)15(22-2)12-17(18)24-4/h8,12-13H,5-7,9-11H2,1-4H3. The van der Waals surface area contributed by atoms with E-state index in [0.717, 1.165) is 19.3 Å². The smallest absolute Gasteiger partial charge is 0.246 e. The minimum absolute atomic E-state index is 0.0766. The molecule has 0 unspecified atom stereocenters. The number of hydrogen-bond acceptors (Lipinski definition) is 5. The van der Waals surface area contributed by atoms with Crippen molar-refractivity contribution >= 4 is 10.0 Å². The van der Waals surface area contributed by atoms with Gasteiger partial charge in [0.15, 0.2) is 11.5 Å². The van der Waals surface area contributed by atoms with Crippen LogP contribution in [0.1, 0.15) is 32.1 Å². The number of sulfonamides is 1. The minimum atomic E-state index is -3.69. The lowest BCUT2D eigenvalue weighted by Gasteiger charge is -2.21. The monoisotopic (exact) mass is 369 g/mol. The van der Waals surface area contributed by atoms with Crippen LogP contribution in [0.2, 0.25) is 0 Å². The Morgan fingerprint density at radius 3 is 2.20 bits per heavy atom. The van der Waals surface area contributed by atoms with E-state index in [1.54, 1.807) is 7.05 Å². The van der Waals surface area contributed by atoms with Gasteiger partial charge in [-0.25, -0.2) is 12.7 Å². The fourth-order valence-electron chi connectivity index (χ4n) is 2.92. The van der Waals surface area contributed by atoms with Gasteiger partial charge in [0, 0.05) is 25.7 Å². The third-order valence-corrected chi connectivity index (χ3v) is 6.37. The summed E-state index contributed by atoms with van der Waals surface area (Å²) < 4.78 is 43.0. The normalized spacial score (nSPS) is 15.0. The van der Waals surface area contributed by atoms with Crippen LogP contribution in [0.4, 0.5) is 0 Å². The molecule has 1 aliphatic carbocycles. The van der Waals surface area contributed by atoms with Crippen LogP contribution in [0.5, 0.6) is 17.2 Å². The van der Waals surface area contributed by atoms with Crippen LogP contribution >= 0.6 is 0 Å². The molecule has 25 heavy (non-hydrogen) atoms. The summed E-state index contributed by atoms with van der Waals surface area (Å²) in [4.78, 5) is 0.0766. The van der Waals surface area contributed by atoms with Gasteiger partial charge in [0.05, 0.1) is 21.3 Å². The molecule has 0 aliphatic heterocycles. The average Bonchev–Trinajstić information content (AvgIpc) is 2.65. The Bertz CT molecular complexity index is 727. The molecule has 0 saturated carbocycles. The second-order valence-corrected chi connectivity index (χ2v) is 8.06. The molecule has 0 atom stereocenters. The minimum Gasteiger partial charge on any atom is -0.495 e. The van der Waals surface area contributed by atoms with Crippen molar-refractivity contribution in [1.29, 1.82) is 0 Å². The van der Waals surface area contributed by atoms with E-state index in [1.807, 2.05) is 0 Å². The number of ether oxygens (including phenoxy) is 3. The number of methoxy groups -OCH3 is 3. The fraction of sp³-hybridized carbons (Fsp3) is 0.556. The first kappa shape index (κ1) is 19.6. The van der Waals surface area contributed by atoms with E-state index in [9.17, 15) is 8.42 Å². The maximum Gasteiger partial charge on any atom is 0.246 e. The summed E-state index contributed by atoms with van der Waals surface area (Å²) in [6, 6.07) is 2.98. The van der Waals surface area contributed by atoms with E-state index >= 15 is 0 Å². The molecule has 7 heteroatoms. The molecule has 140 valence electrons. The van der Waals surface area contributed by atoms with Gasteiger partial charge in [0.2, 0.25) is 10.0 Å². The Morgan fingerprint density at radius 2 is 1.64 bits per heavy atom. The molecule has 0 aromatic heterocycles. The molecule has 2 rings (SSSR count). The van der Waals surface area contributed by atoms with Gasteiger partial charge in [-0.1, -0.05) is 11.6 Å². The summed E-state index contributed by atoms with van der Waals surface area (Å²) in [5.41, 5.74) is 1.34. The highest BCUT2D eigenvalue weighted by Gasteiger charge is 2.27. The van der Waals surface area contributed by atoms with E-state index in [1.165, 1.54) is 56.2 Å². The summed E-state index contributed by atoms with van der Waals surface area (Å²) in [7, 11) is 2.30. The Labute approximate surface area is 150 Å². The lowest BCUT2D eigenvalue weighted by atomic mass is 9.97. The molecular weight excluding hydrogens is 342 g/mol. The van der Waals surface area contributed by atoms with Gasteiger partial charge in [-0.05, 0) is 32.1 Å². The van der Waals surface area contributed by atoms with E-state index in [4.69, 9.17) is 14.2 Å². The molecule has 0 radical (unpaired) electrons. The van der Waals surface area contributed by atoms with Gasteiger partial charge in [0.25, 0.3) is 0 Å². The van der Waals surface area contributed by atoms with Crippen LogP contribution in [0.3, 0.4) is 0 Å². The molecule has 1 aromatic carbocycles. The highest BCUT2D eigenvalue weighted by Crippen LogP contribution is 2.38. The van der Waals surface area contributed by atoms with Crippen molar-refractivity contribution < 1.29 is 22.6 Å². The first-order valence-electron chi connectivity index (χ1n) is 8.38. The predicted octanol–water partition coefficient (Wildman–Crippen LogP) is 3.22. The number of nitrogens with zero attached hydrogens (tertiary/aromatic N) is 1. The SMILES string of the molecule is COc1cc(OC)c(S(=O)(=O)N(C)CCC2=CCCCC2)cc1OC. The third-order valence-electron chi connectivity index (χ3n) is 4.49. The maximum absolute atomic E-state index is 13.0.